The predicted molar refractivity (Wildman–Crippen MR) is 126 cm³/mol. The van der Waals surface area contributed by atoms with E-state index in [0.29, 0.717) is 13.2 Å². The van der Waals surface area contributed by atoms with E-state index >= 15 is 0 Å². The van der Waals surface area contributed by atoms with E-state index in [1.807, 2.05) is 18.2 Å². The molecule has 4 aromatic rings. The summed E-state index contributed by atoms with van der Waals surface area (Å²) in [5.74, 6) is 2.82. The number of nitrogens with zero attached hydrogens (tertiary/aromatic N) is 2. The van der Waals surface area contributed by atoms with Gasteiger partial charge in [-0.3, -0.25) is 0 Å². The first-order chi connectivity index (χ1) is 15.0. The number of rotatable bonds is 8. The molecule has 0 spiro atoms. The van der Waals surface area contributed by atoms with Crippen LogP contribution in [0, 0.1) is 27.7 Å². The second-order valence-corrected chi connectivity index (χ2v) is 8.13. The van der Waals surface area contributed by atoms with Gasteiger partial charge in [0.1, 0.15) is 23.9 Å². The summed E-state index contributed by atoms with van der Waals surface area (Å²) in [7, 11) is 0. The molecule has 0 amide bonds. The van der Waals surface area contributed by atoms with Crippen LogP contribution in [0.15, 0.2) is 60.7 Å². The Morgan fingerprint density at radius 1 is 0.806 bits per heavy atom. The van der Waals surface area contributed by atoms with Gasteiger partial charge in [-0.1, -0.05) is 36.4 Å². The molecule has 0 bridgehead atoms. The summed E-state index contributed by atoms with van der Waals surface area (Å²) in [4.78, 5) is 4.84. The predicted octanol–water partition coefficient (Wildman–Crippen LogP) is 6.32. The molecule has 0 aliphatic carbocycles. The molecule has 0 aliphatic heterocycles. The molecule has 1 aromatic heterocycles. The van der Waals surface area contributed by atoms with Crippen molar-refractivity contribution in [1.82, 2.24) is 9.55 Å². The summed E-state index contributed by atoms with van der Waals surface area (Å²) >= 11 is 0. The van der Waals surface area contributed by atoms with E-state index in [9.17, 15) is 0 Å². The van der Waals surface area contributed by atoms with E-state index in [-0.39, 0.29) is 0 Å². The molecule has 0 atom stereocenters. The van der Waals surface area contributed by atoms with Crippen LogP contribution in [0.5, 0.6) is 11.5 Å². The van der Waals surface area contributed by atoms with Crippen molar-refractivity contribution in [2.45, 2.75) is 47.3 Å². The van der Waals surface area contributed by atoms with Crippen molar-refractivity contribution in [3.05, 3.63) is 88.7 Å². The Morgan fingerprint density at radius 3 is 2.52 bits per heavy atom. The van der Waals surface area contributed by atoms with Crippen LogP contribution in [0.4, 0.5) is 0 Å². The van der Waals surface area contributed by atoms with Gasteiger partial charge in [-0.2, -0.15) is 0 Å². The lowest BCUT2D eigenvalue weighted by Crippen LogP contribution is -2.10. The maximum absolute atomic E-state index is 6.16. The van der Waals surface area contributed by atoms with Gasteiger partial charge in [0, 0.05) is 6.54 Å². The topological polar surface area (TPSA) is 36.3 Å². The lowest BCUT2D eigenvalue weighted by molar-refractivity contribution is 0.278. The third-order valence-corrected chi connectivity index (χ3v) is 5.77. The first kappa shape index (κ1) is 21.0. The Bertz CT molecular complexity index is 1190. The molecule has 0 saturated carbocycles. The zero-order valence-electron chi connectivity index (χ0n) is 18.8. The second kappa shape index (κ2) is 9.25. The molecule has 160 valence electrons. The standard InChI is InChI=1S/C27H30N2O2/c1-19-13-14-21(3)26(17-19)31-18-27-28-23-10-5-6-11-24(23)29(27)15-8-16-30-25-12-7-9-20(2)22(25)4/h5-7,9-14,17H,8,15-16,18H2,1-4H3. The maximum atomic E-state index is 6.16. The molecule has 4 rings (SSSR count). The third kappa shape index (κ3) is 4.74. The number of aryl methyl sites for hydroxylation is 4. The summed E-state index contributed by atoms with van der Waals surface area (Å²) in [6.45, 7) is 10.3. The van der Waals surface area contributed by atoms with Gasteiger partial charge in [0.15, 0.2) is 0 Å². The number of fused-ring (bicyclic) bond motifs is 1. The van der Waals surface area contributed by atoms with Crippen LogP contribution in [0.1, 0.15) is 34.5 Å². The zero-order valence-corrected chi connectivity index (χ0v) is 18.8. The molecule has 31 heavy (non-hydrogen) atoms. The molecule has 0 unspecified atom stereocenters. The number of hydrogen-bond acceptors (Lipinski definition) is 3. The molecule has 0 aliphatic rings. The highest BCUT2D eigenvalue weighted by atomic mass is 16.5. The van der Waals surface area contributed by atoms with E-state index in [4.69, 9.17) is 14.5 Å². The molecule has 0 fully saturated rings. The van der Waals surface area contributed by atoms with Crippen LogP contribution in [0.3, 0.4) is 0 Å². The number of hydrogen-bond donors (Lipinski definition) is 0. The Labute approximate surface area is 184 Å². The number of aromatic nitrogens is 2. The van der Waals surface area contributed by atoms with E-state index in [0.717, 1.165) is 46.9 Å². The lowest BCUT2D eigenvalue weighted by atomic mass is 10.1. The molecular formula is C27H30N2O2. The van der Waals surface area contributed by atoms with Crippen LogP contribution in [0.2, 0.25) is 0 Å². The van der Waals surface area contributed by atoms with Gasteiger partial charge in [-0.05, 0) is 80.6 Å². The summed E-state index contributed by atoms with van der Waals surface area (Å²) in [6.07, 6.45) is 0.893. The maximum Gasteiger partial charge on any atom is 0.148 e. The number of imidazole rings is 1. The fourth-order valence-electron chi connectivity index (χ4n) is 3.78. The number of ether oxygens (including phenoxy) is 2. The highest BCUT2D eigenvalue weighted by Crippen LogP contribution is 2.23. The van der Waals surface area contributed by atoms with Crippen LogP contribution >= 0.6 is 0 Å². The minimum absolute atomic E-state index is 0.441. The van der Waals surface area contributed by atoms with E-state index in [1.165, 1.54) is 16.7 Å². The molecule has 1 heterocycles. The van der Waals surface area contributed by atoms with Crippen molar-refractivity contribution in [2.24, 2.45) is 0 Å². The molecular weight excluding hydrogens is 384 g/mol. The van der Waals surface area contributed by atoms with E-state index < -0.39 is 0 Å². The van der Waals surface area contributed by atoms with Crippen LogP contribution < -0.4 is 9.47 Å². The van der Waals surface area contributed by atoms with Gasteiger partial charge in [-0.25, -0.2) is 4.98 Å². The smallest absolute Gasteiger partial charge is 0.148 e. The lowest BCUT2D eigenvalue weighted by Gasteiger charge is -2.14. The van der Waals surface area contributed by atoms with E-state index in [1.54, 1.807) is 0 Å². The monoisotopic (exact) mass is 414 g/mol. The molecule has 4 nitrogen and oxygen atoms in total. The summed E-state index contributed by atoms with van der Waals surface area (Å²) in [5.41, 5.74) is 6.92. The fraction of sp³-hybridized carbons (Fsp3) is 0.296. The van der Waals surface area contributed by atoms with Crippen molar-refractivity contribution in [3.63, 3.8) is 0 Å². The Hall–Kier alpha value is -3.27. The highest BCUT2D eigenvalue weighted by molar-refractivity contribution is 5.75. The van der Waals surface area contributed by atoms with Gasteiger partial charge in [0.2, 0.25) is 0 Å². The first-order valence-corrected chi connectivity index (χ1v) is 10.9. The van der Waals surface area contributed by atoms with Crippen LogP contribution in [0.25, 0.3) is 11.0 Å². The first-order valence-electron chi connectivity index (χ1n) is 10.9. The second-order valence-electron chi connectivity index (χ2n) is 8.13. The van der Waals surface area contributed by atoms with Crippen molar-refractivity contribution in [3.8, 4) is 11.5 Å². The Balaban J connectivity index is 1.47. The van der Waals surface area contributed by atoms with Gasteiger partial charge in [0.25, 0.3) is 0 Å². The van der Waals surface area contributed by atoms with Gasteiger partial charge in [0.05, 0.1) is 17.6 Å². The van der Waals surface area contributed by atoms with Gasteiger partial charge in [-0.15, -0.1) is 0 Å². The van der Waals surface area contributed by atoms with Crippen molar-refractivity contribution >= 4 is 11.0 Å². The summed E-state index contributed by atoms with van der Waals surface area (Å²) < 4.78 is 14.5. The molecule has 0 radical (unpaired) electrons. The van der Waals surface area contributed by atoms with E-state index in [2.05, 4.69) is 74.7 Å². The summed E-state index contributed by atoms with van der Waals surface area (Å²) in [5, 5.41) is 0. The van der Waals surface area contributed by atoms with Crippen molar-refractivity contribution in [1.29, 1.82) is 0 Å². The van der Waals surface area contributed by atoms with Crippen LogP contribution in [-0.4, -0.2) is 16.2 Å². The normalized spacial score (nSPS) is 11.1. The third-order valence-electron chi connectivity index (χ3n) is 5.77. The number of para-hydroxylation sites is 2. The Kier molecular flexibility index (Phi) is 6.26. The largest absolute Gasteiger partial charge is 0.493 e. The minimum atomic E-state index is 0.441. The van der Waals surface area contributed by atoms with Gasteiger partial charge >= 0.3 is 0 Å². The average Bonchev–Trinajstić information content (AvgIpc) is 3.12. The minimum Gasteiger partial charge on any atom is -0.493 e. The molecule has 4 heteroatoms. The molecule has 0 N–H and O–H groups in total. The zero-order chi connectivity index (χ0) is 21.8. The van der Waals surface area contributed by atoms with Crippen LogP contribution in [-0.2, 0) is 13.2 Å². The van der Waals surface area contributed by atoms with Crippen molar-refractivity contribution in [2.75, 3.05) is 6.61 Å². The number of benzene rings is 3. The average molecular weight is 415 g/mol. The molecule has 0 saturated heterocycles. The summed E-state index contributed by atoms with van der Waals surface area (Å²) in [6, 6.07) is 20.7. The fourth-order valence-corrected chi connectivity index (χ4v) is 3.78. The SMILES string of the molecule is Cc1ccc(C)c(OCc2nc3ccccc3n2CCCOc2cccc(C)c2C)c1. The molecule has 3 aromatic carbocycles. The highest BCUT2D eigenvalue weighted by Gasteiger charge is 2.12. The van der Waals surface area contributed by atoms with Gasteiger partial charge < -0.3 is 14.0 Å². The quantitative estimate of drug-likeness (QED) is 0.317. The van der Waals surface area contributed by atoms with Crippen molar-refractivity contribution < 1.29 is 9.47 Å². The Morgan fingerprint density at radius 2 is 1.65 bits per heavy atom.